The summed E-state index contributed by atoms with van der Waals surface area (Å²) in [6.07, 6.45) is 3.17. The predicted molar refractivity (Wildman–Crippen MR) is 95.2 cm³/mol. The van der Waals surface area contributed by atoms with Crippen molar-refractivity contribution >= 4 is 17.5 Å². The van der Waals surface area contributed by atoms with Crippen LogP contribution in [0.1, 0.15) is 10.6 Å². The number of hydrogen-bond donors (Lipinski definition) is 0. The molecule has 2 fully saturated rings. The maximum Gasteiger partial charge on any atom is 0.291 e. The second-order valence-corrected chi connectivity index (χ2v) is 6.20. The minimum absolute atomic E-state index is 0.126. The third-order valence-corrected chi connectivity index (χ3v) is 4.62. The van der Waals surface area contributed by atoms with E-state index in [2.05, 4.69) is 30.0 Å². The molecule has 0 unspecified atom stereocenters. The van der Waals surface area contributed by atoms with E-state index < -0.39 is 0 Å². The highest BCUT2D eigenvalue weighted by atomic mass is 16.5. The molecule has 2 aliphatic rings. The standard InChI is InChI=1S/C17H21N7O2/c25-17(16-18-4-1-5-19-16)24-8-6-22(7-9-24)14-2-3-15(21-20-14)23-10-12-26-13-11-23/h1-5H,6-13H2. The Morgan fingerprint density at radius 1 is 0.846 bits per heavy atom. The van der Waals surface area contributed by atoms with Crippen molar-refractivity contribution in [3.8, 4) is 0 Å². The third-order valence-electron chi connectivity index (χ3n) is 4.62. The Morgan fingerprint density at radius 2 is 1.42 bits per heavy atom. The summed E-state index contributed by atoms with van der Waals surface area (Å²) < 4.78 is 5.36. The third kappa shape index (κ3) is 3.57. The number of rotatable bonds is 3. The Labute approximate surface area is 151 Å². The summed E-state index contributed by atoms with van der Waals surface area (Å²) in [4.78, 5) is 26.6. The zero-order valence-corrected chi connectivity index (χ0v) is 14.5. The van der Waals surface area contributed by atoms with Crippen LogP contribution in [0.5, 0.6) is 0 Å². The lowest BCUT2D eigenvalue weighted by molar-refractivity contribution is 0.0734. The van der Waals surface area contributed by atoms with E-state index in [1.807, 2.05) is 12.1 Å². The minimum Gasteiger partial charge on any atom is -0.378 e. The van der Waals surface area contributed by atoms with Gasteiger partial charge in [0, 0.05) is 51.7 Å². The molecule has 4 rings (SSSR count). The van der Waals surface area contributed by atoms with Crippen LogP contribution in [0.15, 0.2) is 30.6 Å². The van der Waals surface area contributed by atoms with Gasteiger partial charge in [-0.05, 0) is 18.2 Å². The van der Waals surface area contributed by atoms with Gasteiger partial charge < -0.3 is 19.4 Å². The fourth-order valence-electron chi connectivity index (χ4n) is 3.14. The van der Waals surface area contributed by atoms with E-state index in [-0.39, 0.29) is 11.7 Å². The molecule has 1 amide bonds. The highest BCUT2D eigenvalue weighted by Gasteiger charge is 2.24. The summed E-state index contributed by atoms with van der Waals surface area (Å²) in [6, 6.07) is 5.70. The molecule has 2 saturated heterocycles. The van der Waals surface area contributed by atoms with E-state index in [4.69, 9.17) is 4.74 Å². The molecule has 9 heteroatoms. The Kier molecular flexibility index (Phi) is 4.87. The van der Waals surface area contributed by atoms with Crippen LogP contribution >= 0.6 is 0 Å². The number of amides is 1. The molecule has 0 saturated carbocycles. The first kappa shape index (κ1) is 16.6. The second-order valence-electron chi connectivity index (χ2n) is 6.20. The Hall–Kier alpha value is -2.81. The zero-order valence-electron chi connectivity index (χ0n) is 14.5. The number of anilines is 2. The molecular formula is C17H21N7O2. The topological polar surface area (TPSA) is 87.6 Å². The molecule has 2 aliphatic heterocycles. The molecule has 0 radical (unpaired) electrons. The number of carbonyl (C=O) groups is 1. The predicted octanol–water partition coefficient (Wildman–Crippen LogP) is 0.0656. The summed E-state index contributed by atoms with van der Waals surface area (Å²) in [7, 11) is 0. The van der Waals surface area contributed by atoms with Gasteiger partial charge >= 0.3 is 0 Å². The van der Waals surface area contributed by atoms with E-state index in [1.54, 1.807) is 23.4 Å². The Bertz CT molecular complexity index is 727. The van der Waals surface area contributed by atoms with Crippen LogP contribution in [0.4, 0.5) is 11.6 Å². The maximum absolute atomic E-state index is 12.4. The molecule has 136 valence electrons. The highest BCUT2D eigenvalue weighted by Crippen LogP contribution is 2.17. The lowest BCUT2D eigenvalue weighted by Gasteiger charge is -2.35. The maximum atomic E-state index is 12.4. The minimum atomic E-state index is -0.126. The van der Waals surface area contributed by atoms with Crippen LogP contribution in [0.25, 0.3) is 0 Å². The van der Waals surface area contributed by atoms with Gasteiger partial charge in [-0.3, -0.25) is 4.79 Å². The van der Waals surface area contributed by atoms with Gasteiger partial charge in [0.25, 0.3) is 5.91 Å². The van der Waals surface area contributed by atoms with Gasteiger partial charge in [-0.2, -0.15) is 0 Å². The SMILES string of the molecule is O=C(c1ncccn1)N1CCN(c2ccc(N3CCOCC3)nn2)CC1. The normalized spacial score (nSPS) is 18.1. The smallest absolute Gasteiger partial charge is 0.291 e. The van der Waals surface area contributed by atoms with Crippen LogP contribution in [-0.2, 0) is 4.74 Å². The first-order valence-electron chi connectivity index (χ1n) is 8.79. The van der Waals surface area contributed by atoms with Crippen molar-refractivity contribution in [3.05, 3.63) is 36.4 Å². The van der Waals surface area contributed by atoms with E-state index in [9.17, 15) is 4.79 Å². The number of piperazine rings is 1. The summed E-state index contributed by atoms with van der Waals surface area (Å²) in [6.45, 7) is 5.80. The van der Waals surface area contributed by atoms with Crippen molar-refractivity contribution in [2.24, 2.45) is 0 Å². The molecular weight excluding hydrogens is 334 g/mol. The van der Waals surface area contributed by atoms with Crippen molar-refractivity contribution in [1.82, 2.24) is 25.1 Å². The Morgan fingerprint density at radius 3 is 2.00 bits per heavy atom. The van der Waals surface area contributed by atoms with E-state index in [1.165, 1.54) is 0 Å². The van der Waals surface area contributed by atoms with Crippen LogP contribution in [0.3, 0.4) is 0 Å². The lowest BCUT2D eigenvalue weighted by atomic mass is 10.3. The molecule has 0 bridgehead atoms. The summed E-state index contributed by atoms with van der Waals surface area (Å²) in [5, 5.41) is 8.73. The average molecular weight is 355 g/mol. The van der Waals surface area contributed by atoms with Crippen molar-refractivity contribution in [2.45, 2.75) is 0 Å². The first-order valence-corrected chi connectivity index (χ1v) is 8.79. The largest absolute Gasteiger partial charge is 0.378 e. The van der Waals surface area contributed by atoms with Crippen molar-refractivity contribution in [1.29, 1.82) is 0 Å². The fourth-order valence-corrected chi connectivity index (χ4v) is 3.14. The number of carbonyl (C=O) groups excluding carboxylic acids is 1. The van der Waals surface area contributed by atoms with Gasteiger partial charge in [0.05, 0.1) is 13.2 Å². The van der Waals surface area contributed by atoms with E-state index in [0.29, 0.717) is 26.2 Å². The van der Waals surface area contributed by atoms with Gasteiger partial charge in [-0.1, -0.05) is 0 Å². The number of hydrogen-bond acceptors (Lipinski definition) is 8. The number of nitrogens with zero attached hydrogens (tertiary/aromatic N) is 7. The number of morpholine rings is 1. The van der Waals surface area contributed by atoms with Crippen molar-refractivity contribution in [2.75, 3.05) is 62.3 Å². The quantitative estimate of drug-likeness (QED) is 0.764. The first-order chi connectivity index (χ1) is 12.8. The van der Waals surface area contributed by atoms with Crippen LogP contribution in [0.2, 0.25) is 0 Å². The monoisotopic (exact) mass is 355 g/mol. The molecule has 4 heterocycles. The van der Waals surface area contributed by atoms with E-state index >= 15 is 0 Å². The molecule has 0 N–H and O–H groups in total. The lowest BCUT2D eigenvalue weighted by Crippen LogP contribution is -2.49. The summed E-state index contributed by atoms with van der Waals surface area (Å²) in [5.41, 5.74) is 0. The zero-order chi connectivity index (χ0) is 17.8. The second kappa shape index (κ2) is 7.61. The van der Waals surface area contributed by atoms with Gasteiger partial charge in [-0.15, -0.1) is 10.2 Å². The van der Waals surface area contributed by atoms with Gasteiger partial charge in [-0.25, -0.2) is 9.97 Å². The van der Waals surface area contributed by atoms with Crippen molar-refractivity contribution < 1.29 is 9.53 Å². The number of aromatic nitrogens is 4. The molecule has 0 aromatic carbocycles. The molecule has 0 spiro atoms. The molecule has 9 nitrogen and oxygen atoms in total. The van der Waals surface area contributed by atoms with Gasteiger partial charge in [0.2, 0.25) is 5.82 Å². The molecule has 2 aromatic rings. The fraction of sp³-hybridized carbons (Fsp3) is 0.471. The average Bonchev–Trinajstić information content (AvgIpc) is 2.75. The number of ether oxygens (including phenoxy) is 1. The molecule has 0 aliphatic carbocycles. The van der Waals surface area contributed by atoms with Crippen LogP contribution < -0.4 is 9.80 Å². The molecule has 26 heavy (non-hydrogen) atoms. The van der Waals surface area contributed by atoms with Gasteiger partial charge in [0.15, 0.2) is 11.6 Å². The summed E-state index contributed by atoms with van der Waals surface area (Å²) >= 11 is 0. The van der Waals surface area contributed by atoms with Crippen LogP contribution in [-0.4, -0.2) is 83.5 Å². The van der Waals surface area contributed by atoms with Crippen molar-refractivity contribution in [3.63, 3.8) is 0 Å². The van der Waals surface area contributed by atoms with Crippen LogP contribution in [0, 0.1) is 0 Å². The van der Waals surface area contributed by atoms with E-state index in [0.717, 1.165) is 37.9 Å². The highest BCUT2D eigenvalue weighted by molar-refractivity contribution is 5.90. The Balaban J connectivity index is 1.35. The van der Waals surface area contributed by atoms with Gasteiger partial charge in [0.1, 0.15) is 0 Å². The molecule has 0 atom stereocenters. The summed E-state index contributed by atoms with van der Waals surface area (Å²) in [5.74, 6) is 1.84. The molecule has 2 aromatic heterocycles.